The number of benzene rings is 2. The van der Waals surface area contributed by atoms with Crippen molar-refractivity contribution in [3.8, 4) is 0 Å². The molecule has 0 bridgehead atoms. The average molecular weight is 347 g/mol. The number of fused-ring (bicyclic) bond motifs is 1. The summed E-state index contributed by atoms with van der Waals surface area (Å²) in [5.74, 6) is -0.212. The molecule has 0 saturated carbocycles. The summed E-state index contributed by atoms with van der Waals surface area (Å²) >= 11 is 0. The Morgan fingerprint density at radius 2 is 1.83 bits per heavy atom. The molecule has 24 heavy (non-hydrogen) atoms. The van der Waals surface area contributed by atoms with Crippen molar-refractivity contribution in [2.75, 3.05) is 6.54 Å². The second kappa shape index (κ2) is 6.68. The van der Waals surface area contributed by atoms with Gasteiger partial charge in [0, 0.05) is 6.54 Å². The Morgan fingerprint density at radius 1 is 1.12 bits per heavy atom. The molecule has 3 aromatic rings. The summed E-state index contributed by atoms with van der Waals surface area (Å²) in [4.78, 5) is 0. The summed E-state index contributed by atoms with van der Waals surface area (Å²) in [6.45, 7) is 1.86. The minimum Gasteiger partial charge on any atom is -0.387 e. The number of aliphatic hydroxyl groups is 1. The summed E-state index contributed by atoms with van der Waals surface area (Å²) in [6, 6.07) is 12.2. The first-order chi connectivity index (χ1) is 11.4. The number of rotatable bonds is 6. The fraction of sp³-hybridized carbons (Fsp3) is 0.250. The molecule has 0 radical (unpaired) electrons. The molecule has 1 atom stereocenters. The summed E-state index contributed by atoms with van der Waals surface area (Å²) < 4.78 is 31.4. The van der Waals surface area contributed by atoms with Crippen LogP contribution in [-0.4, -0.2) is 30.4 Å². The Morgan fingerprint density at radius 3 is 2.58 bits per heavy atom. The fourth-order valence-corrected chi connectivity index (χ4v) is 3.43. The van der Waals surface area contributed by atoms with E-state index in [0.717, 1.165) is 5.56 Å². The van der Waals surface area contributed by atoms with Crippen LogP contribution in [0.1, 0.15) is 22.8 Å². The van der Waals surface area contributed by atoms with Crippen LogP contribution in [0.25, 0.3) is 11.0 Å². The number of aliphatic hydroxyl groups excluding tert-OH is 1. The quantitative estimate of drug-likeness (QED) is 0.703. The standard InChI is InChI=1S/C16H17N3O4S/c1-11-2-5-13(6-3-11)16(20)9-17-24(21,22)10-12-4-7-14-15(8-12)19-23-18-14/h2-8,16-17,20H,9-10H2,1H3/t16-/m0/s1. The highest BCUT2D eigenvalue weighted by atomic mass is 32.2. The lowest BCUT2D eigenvalue weighted by Crippen LogP contribution is -2.29. The number of nitrogens with zero attached hydrogens (tertiary/aromatic N) is 2. The lowest BCUT2D eigenvalue weighted by atomic mass is 10.1. The van der Waals surface area contributed by atoms with Crippen molar-refractivity contribution in [3.05, 3.63) is 59.2 Å². The normalized spacial score (nSPS) is 13.2. The monoisotopic (exact) mass is 347 g/mol. The van der Waals surface area contributed by atoms with Crippen LogP contribution in [0.5, 0.6) is 0 Å². The summed E-state index contributed by atoms with van der Waals surface area (Å²) in [5, 5.41) is 17.5. The predicted octanol–water partition coefficient (Wildman–Crippen LogP) is 1.68. The van der Waals surface area contributed by atoms with Crippen LogP contribution < -0.4 is 4.72 Å². The Bertz CT molecular complexity index is 935. The first kappa shape index (κ1) is 16.6. The zero-order valence-corrected chi connectivity index (χ0v) is 13.8. The molecule has 2 N–H and O–H groups in total. The molecule has 0 amide bonds. The van der Waals surface area contributed by atoms with Crippen molar-refractivity contribution in [3.63, 3.8) is 0 Å². The summed E-state index contributed by atoms with van der Waals surface area (Å²) in [6.07, 6.45) is -0.900. The van der Waals surface area contributed by atoms with E-state index >= 15 is 0 Å². The number of hydrogen-bond acceptors (Lipinski definition) is 6. The molecule has 3 rings (SSSR count). The van der Waals surface area contributed by atoms with E-state index in [0.29, 0.717) is 22.2 Å². The lowest BCUT2D eigenvalue weighted by molar-refractivity contribution is 0.182. The molecular weight excluding hydrogens is 330 g/mol. The average Bonchev–Trinajstić information content (AvgIpc) is 3.00. The first-order valence-electron chi connectivity index (χ1n) is 7.36. The molecule has 0 spiro atoms. The van der Waals surface area contributed by atoms with Gasteiger partial charge < -0.3 is 5.11 Å². The van der Waals surface area contributed by atoms with Gasteiger partial charge in [0.25, 0.3) is 0 Å². The highest BCUT2D eigenvalue weighted by Crippen LogP contribution is 2.15. The Hall–Kier alpha value is -2.29. The molecule has 0 aliphatic rings. The van der Waals surface area contributed by atoms with Gasteiger partial charge in [0.15, 0.2) is 0 Å². The van der Waals surface area contributed by atoms with Crippen molar-refractivity contribution in [2.45, 2.75) is 18.8 Å². The van der Waals surface area contributed by atoms with E-state index in [4.69, 9.17) is 0 Å². The van der Waals surface area contributed by atoms with Gasteiger partial charge in [0.1, 0.15) is 11.0 Å². The van der Waals surface area contributed by atoms with E-state index in [1.54, 1.807) is 30.3 Å². The molecule has 0 aliphatic carbocycles. The first-order valence-corrected chi connectivity index (χ1v) is 9.01. The highest BCUT2D eigenvalue weighted by Gasteiger charge is 2.16. The molecule has 7 nitrogen and oxygen atoms in total. The number of aryl methyl sites for hydroxylation is 1. The van der Waals surface area contributed by atoms with E-state index in [2.05, 4.69) is 19.7 Å². The minimum absolute atomic E-state index is 0.0842. The van der Waals surface area contributed by atoms with E-state index in [-0.39, 0.29) is 12.3 Å². The van der Waals surface area contributed by atoms with Gasteiger partial charge in [-0.15, -0.1) is 0 Å². The van der Waals surface area contributed by atoms with Crippen LogP contribution in [0.15, 0.2) is 47.1 Å². The zero-order valence-electron chi connectivity index (χ0n) is 13.0. The Labute approximate surface area is 139 Å². The SMILES string of the molecule is Cc1ccc([C@@H](O)CNS(=O)(=O)Cc2ccc3nonc3c2)cc1. The van der Waals surface area contributed by atoms with Crippen LogP contribution in [-0.2, 0) is 15.8 Å². The number of nitrogens with one attached hydrogen (secondary N) is 1. The molecular formula is C16H17N3O4S. The van der Waals surface area contributed by atoms with Gasteiger partial charge in [-0.2, -0.15) is 0 Å². The smallest absolute Gasteiger partial charge is 0.215 e. The largest absolute Gasteiger partial charge is 0.387 e. The van der Waals surface area contributed by atoms with Crippen LogP contribution in [0, 0.1) is 6.92 Å². The molecule has 2 aromatic carbocycles. The number of hydrogen-bond donors (Lipinski definition) is 2. The topological polar surface area (TPSA) is 105 Å². The molecule has 0 unspecified atom stereocenters. The predicted molar refractivity (Wildman–Crippen MR) is 88.6 cm³/mol. The van der Waals surface area contributed by atoms with Crippen molar-refractivity contribution >= 4 is 21.1 Å². The fourth-order valence-electron chi connectivity index (χ4n) is 2.30. The van der Waals surface area contributed by atoms with Gasteiger partial charge in [-0.25, -0.2) is 17.8 Å². The molecule has 8 heteroatoms. The maximum atomic E-state index is 12.2. The zero-order chi connectivity index (χ0) is 17.2. The Balaban J connectivity index is 1.63. The van der Waals surface area contributed by atoms with Gasteiger partial charge in [-0.05, 0) is 40.5 Å². The van der Waals surface area contributed by atoms with Crippen LogP contribution >= 0.6 is 0 Å². The highest BCUT2D eigenvalue weighted by molar-refractivity contribution is 7.88. The molecule has 1 heterocycles. The van der Waals surface area contributed by atoms with Crippen LogP contribution in [0.3, 0.4) is 0 Å². The molecule has 126 valence electrons. The van der Waals surface area contributed by atoms with Crippen LogP contribution in [0.2, 0.25) is 0 Å². The maximum absolute atomic E-state index is 12.2. The second-order valence-electron chi connectivity index (χ2n) is 5.62. The van der Waals surface area contributed by atoms with E-state index in [1.807, 2.05) is 19.1 Å². The third-order valence-corrected chi connectivity index (χ3v) is 4.95. The van der Waals surface area contributed by atoms with Crippen molar-refractivity contribution in [1.82, 2.24) is 15.0 Å². The number of sulfonamides is 1. The number of aromatic nitrogens is 2. The third kappa shape index (κ3) is 3.97. The summed E-state index contributed by atoms with van der Waals surface area (Å²) in [7, 11) is -3.59. The molecule has 1 aromatic heterocycles. The van der Waals surface area contributed by atoms with Gasteiger partial charge in [0.05, 0.1) is 11.9 Å². The minimum atomic E-state index is -3.59. The molecule has 0 saturated heterocycles. The van der Waals surface area contributed by atoms with E-state index in [1.165, 1.54) is 0 Å². The molecule has 0 fully saturated rings. The van der Waals surface area contributed by atoms with Gasteiger partial charge in [-0.1, -0.05) is 35.9 Å². The second-order valence-corrected chi connectivity index (χ2v) is 7.43. The summed E-state index contributed by atoms with van der Waals surface area (Å²) in [5.41, 5.74) is 3.37. The third-order valence-electron chi connectivity index (χ3n) is 3.63. The van der Waals surface area contributed by atoms with Crippen molar-refractivity contribution < 1.29 is 18.2 Å². The van der Waals surface area contributed by atoms with Gasteiger partial charge in [-0.3, -0.25) is 0 Å². The van der Waals surface area contributed by atoms with Crippen molar-refractivity contribution in [1.29, 1.82) is 0 Å². The molecule has 0 aliphatic heterocycles. The Kier molecular flexibility index (Phi) is 4.61. The van der Waals surface area contributed by atoms with Gasteiger partial charge in [0.2, 0.25) is 10.0 Å². The van der Waals surface area contributed by atoms with E-state index in [9.17, 15) is 13.5 Å². The maximum Gasteiger partial charge on any atom is 0.215 e. The van der Waals surface area contributed by atoms with Gasteiger partial charge >= 0.3 is 0 Å². The lowest BCUT2D eigenvalue weighted by Gasteiger charge is -2.13. The van der Waals surface area contributed by atoms with Crippen molar-refractivity contribution in [2.24, 2.45) is 0 Å². The van der Waals surface area contributed by atoms with E-state index < -0.39 is 16.1 Å². The van der Waals surface area contributed by atoms with Crippen LogP contribution in [0.4, 0.5) is 0 Å².